The van der Waals surface area contributed by atoms with Crippen LogP contribution in [0, 0.1) is 0 Å². The van der Waals surface area contributed by atoms with E-state index in [0.29, 0.717) is 11.1 Å². The summed E-state index contributed by atoms with van der Waals surface area (Å²) in [5, 5.41) is 1.77. The maximum atomic E-state index is 12.1. The van der Waals surface area contributed by atoms with Crippen LogP contribution in [0.1, 0.15) is 20.7 Å². The minimum atomic E-state index is -0.226. The van der Waals surface area contributed by atoms with E-state index >= 15 is 0 Å². The van der Waals surface area contributed by atoms with E-state index in [4.69, 9.17) is 0 Å². The van der Waals surface area contributed by atoms with Gasteiger partial charge in [0.2, 0.25) is 0 Å². The number of carbonyl (C=O) groups excluding carboxylic acids is 2. The first kappa shape index (κ1) is 11.3. The zero-order valence-electron chi connectivity index (χ0n) is 10.1. The van der Waals surface area contributed by atoms with Crippen molar-refractivity contribution >= 4 is 34.3 Å². The third kappa shape index (κ3) is 1.32. The third-order valence-electron chi connectivity index (χ3n) is 3.29. The summed E-state index contributed by atoms with van der Waals surface area (Å²) in [6.45, 7) is 0. The van der Waals surface area contributed by atoms with Crippen molar-refractivity contribution in [3.8, 4) is 0 Å². The fourth-order valence-electron chi connectivity index (χ4n) is 2.37. The Hall–Kier alpha value is -1.81. The molecule has 0 aromatic heterocycles. The topological polar surface area (TPSA) is 37.4 Å². The SMILES string of the molecule is CSc1ccc2c3c(cccc13)C(=O)N(C)C2=O. The summed E-state index contributed by atoms with van der Waals surface area (Å²) < 4.78 is 0. The van der Waals surface area contributed by atoms with Gasteiger partial charge in [-0.05, 0) is 29.8 Å². The Morgan fingerprint density at radius 1 is 1.00 bits per heavy atom. The highest BCUT2D eigenvalue weighted by Gasteiger charge is 2.30. The van der Waals surface area contributed by atoms with Crippen molar-refractivity contribution in [2.24, 2.45) is 0 Å². The van der Waals surface area contributed by atoms with Crippen LogP contribution in [0.3, 0.4) is 0 Å². The number of hydrogen-bond donors (Lipinski definition) is 0. The van der Waals surface area contributed by atoms with Gasteiger partial charge in [0.25, 0.3) is 11.8 Å². The molecule has 3 rings (SSSR count). The molecule has 2 aromatic carbocycles. The van der Waals surface area contributed by atoms with Crippen LogP contribution in [0.15, 0.2) is 35.2 Å². The Morgan fingerprint density at radius 3 is 2.33 bits per heavy atom. The minimum absolute atomic E-state index is 0.226. The van der Waals surface area contributed by atoms with Gasteiger partial charge in [0, 0.05) is 28.5 Å². The van der Waals surface area contributed by atoms with Crippen LogP contribution in [0.4, 0.5) is 0 Å². The largest absolute Gasteiger partial charge is 0.277 e. The second kappa shape index (κ2) is 3.85. The number of hydrogen-bond acceptors (Lipinski definition) is 3. The van der Waals surface area contributed by atoms with Gasteiger partial charge < -0.3 is 0 Å². The first-order valence-electron chi connectivity index (χ1n) is 5.57. The van der Waals surface area contributed by atoms with E-state index in [0.717, 1.165) is 15.7 Å². The van der Waals surface area contributed by atoms with E-state index < -0.39 is 0 Å². The summed E-state index contributed by atoms with van der Waals surface area (Å²) in [6.07, 6.45) is 1.99. The Balaban J connectivity index is 2.49. The normalized spacial score (nSPS) is 14.4. The van der Waals surface area contributed by atoms with Crippen molar-refractivity contribution in [2.75, 3.05) is 13.3 Å². The molecule has 1 aliphatic rings. The molecular weight excluding hydrogens is 246 g/mol. The molecule has 0 fully saturated rings. The van der Waals surface area contributed by atoms with Gasteiger partial charge in [-0.1, -0.05) is 12.1 Å². The second-order valence-corrected chi connectivity index (χ2v) is 5.06. The Bertz CT molecular complexity index is 671. The molecule has 0 saturated carbocycles. The lowest BCUT2D eigenvalue weighted by Crippen LogP contribution is -2.36. The summed E-state index contributed by atoms with van der Waals surface area (Å²) >= 11 is 1.62. The number of rotatable bonds is 1. The van der Waals surface area contributed by atoms with Gasteiger partial charge in [-0.2, -0.15) is 0 Å². The summed E-state index contributed by atoms with van der Waals surface area (Å²) in [5.41, 5.74) is 1.22. The highest BCUT2D eigenvalue weighted by atomic mass is 32.2. The van der Waals surface area contributed by atoms with Crippen LogP contribution in [-0.2, 0) is 0 Å². The average Bonchev–Trinajstić information content (AvgIpc) is 2.41. The monoisotopic (exact) mass is 257 g/mol. The van der Waals surface area contributed by atoms with E-state index in [2.05, 4.69) is 0 Å². The summed E-state index contributed by atoms with van der Waals surface area (Å²) in [6, 6.07) is 9.35. The van der Waals surface area contributed by atoms with E-state index in [9.17, 15) is 9.59 Å². The van der Waals surface area contributed by atoms with Gasteiger partial charge in [-0.15, -0.1) is 11.8 Å². The van der Waals surface area contributed by atoms with Crippen molar-refractivity contribution in [1.29, 1.82) is 0 Å². The molecular formula is C14H11NO2S. The molecule has 0 N–H and O–H groups in total. The Morgan fingerprint density at radius 2 is 1.67 bits per heavy atom. The predicted molar refractivity (Wildman–Crippen MR) is 72.2 cm³/mol. The van der Waals surface area contributed by atoms with Gasteiger partial charge >= 0.3 is 0 Å². The van der Waals surface area contributed by atoms with E-state index in [1.54, 1.807) is 17.8 Å². The van der Waals surface area contributed by atoms with Gasteiger partial charge in [0.05, 0.1) is 0 Å². The lowest BCUT2D eigenvalue weighted by Gasteiger charge is -2.24. The summed E-state index contributed by atoms with van der Waals surface area (Å²) in [7, 11) is 1.52. The number of amides is 2. The standard InChI is InChI=1S/C14H11NO2S/c1-15-13(16)9-5-3-4-8-11(18-2)7-6-10(12(8)9)14(15)17/h3-7H,1-2H3. The number of imide groups is 1. The molecule has 4 heteroatoms. The lowest BCUT2D eigenvalue weighted by molar-refractivity contribution is 0.0650. The van der Waals surface area contributed by atoms with Crippen LogP contribution in [-0.4, -0.2) is 30.0 Å². The zero-order valence-corrected chi connectivity index (χ0v) is 10.9. The van der Waals surface area contributed by atoms with E-state index in [1.165, 1.54) is 11.9 Å². The lowest BCUT2D eigenvalue weighted by atomic mass is 9.94. The molecule has 0 radical (unpaired) electrons. The molecule has 3 nitrogen and oxygen atoms in total. The molecule has 0 atom stereocenters. The van der Waals surface area contributed by atoms with Crippen molar-refractivity contribution in [3.05, 3.63) is 41.5 Å². The highest BCUT2D eigenvalue weighted by Crippen LogP contribution is 2.34. The Kier molecular flexibility index (Phi) is 2.41. The van der Waals surface area contributed by atoms with Gasteiger partial charge in [-0.25, -0.2) is 0 Å². The van der Waals surface area contributed by atoms with E-state index in [1.807, 2.05) is 30.5 Å². The molecule has 0 unspecified atom stereocenters. The van der Waals surface area contributed by atoms with Gasteiger partial charge in [-0.3, -0.25) is 14.5 Å². The molecule has 90 valence electrons. The summed E-state index contributed by atoms with van der Waals surface area (Å²) in [5.74, 6) is -0.451. The maximum Gasteiger partial charge on any atom is 0.261 e. The molecule has 0 spiro atoms. The molecule has 1 heterocycles. The van der Waals surface area contributed by atoms with Gasteiger partial charge in [0.15, 0.2) is 0 Å². The summed E-state index contributed by atoms with van der Waals surface area (Å²) in [4.78, 5) is 26.5. The number of carbonyl (C=O) groups is 2. The molecule has 0 bridgehead atoms. The van der Waals surface area contributed by atoms with Crippen LogP contribution in [0.2, 0.25) is 0 Å². The van der Waals surface area contributed by atoms with Crippen LogP contribution >= 0.6 is 11.8 Å². The third-order valence-corrected chi connectivity index (χ3v) is 4.09. The minimum Gasteiger partial charge on any atom is -0.277 e. The number of nitrogens with zero attached hydrogens (tertiary/aromatic N) is 1. The van der Waals surface area contributed by atoms with Crippen molar-refractivity contribution < 1.29 is 9.59 Å². The van der Waals surface area contributed by atoms with Crippen LogP contribution in [0.5, 0.6) is 0 Å². The molecule has 1 aliphatic heterocycles. The second-order valence-electron chi connectivity index (χ2n) is 4.21. The quantitative estimate of drug-likeness (QED) is 0.582. The van der Waals surface area contributed by atoms with Crippen LogP contribution < -0.4 is 0 Å². The molecule has 2 amide bonds. The van der Waals surface area contributed by atoms with Crippen molar-refractivity contribution in [3.63, 3.8) is 0 Å². The fraction of sp³-hybridized carbons (Fsp3) is 0.143. The first-order valence-corrected chi connectivity index (χ1v) is 6.79. The van der Waals surface area contributed by atoms with Crippen molar-refractivity contribution in [1.82, 2.24) is 4.90 Å². The molecule has 0 aliphatic carbocycles. The zero-order chi connectivity index (χ0) is 12.9. The average molecular weight is 257 g/mol. The maximum absolute atomic E-state index is 12.1. The van der Waals surface area contributed by atoms with Gasteiger partial charge in [0.1, 0.15) is 0 Å². The fourth-order valence-corrected chi connectivity index (χ4v) is 2.96. The van der Waals surface area contributed by atoms with Crippen LogP contribution in [0.25, 0.3) is 10.8 Å². The molecule has 18 heavy (non-hydrogen) atoms. The molecule has 0 saturated heterocycles. The Labute approximate surface area is 109 Å². The predicted octanol–water partition coefficient (Wildman–Crippen LogP) is 2.79. The molecule has 2 aromatic rings. The first-order chi connectivity index (χ1) is 8.65. The number of benzene rings is 2. The smallest absolute Gasteiger partial charge is 0.261 e. The number of thioether (sulfide) groups is 1. The van der Waals surface area contributed by atoms with Crippen molar-refractivity contribution in [2.45, 2.75) is 4.90 Å². The van der Waals surface area contributed by atoms with E-state index in [-0.39, 0.29) is 11.8 Å². The highest BCUT2D eigenvalue weighted by molar-refractivity contribution is 7.98.